The molecule has 0 spiro atoms. The molecule has 0 aliphatic carbocycles. The van der Waals surface area contributed by atoms with Gasteiger partial charge >= 0.3 is 0 Å². The molecular formula is C19H16BrNO2S. The predicted molar refractivity (Wildman–Crippen MR) is 103 cm³/mol. The molecule has 24 heavy (non-hydrogen) atoms. The van der Waals surface area contributed by atoms with Crippen LogP contribution in [0.15, 0.2) is 51.8 Å². The molecule has 0 atom stereocenters. The van der Waals surface area contributed by atoms with Crippen molar-refractivity contribution in [2.75, 3.05) is 4.90 Å². The van der Waals surface area contributed by atoms with E-state index in [4.69, 9.17) is 0 Å². The summed E-state index contributed by atoms with van der Waals surface area (Å²) in [6, 6.07) is 13.5. The minimum atomic E-state index is -0.251. The number of benzene rings is 2. The number of imide groups is 1. The van der Waals surface area contributed by atoms with Gasteiger partial charge in [-0.3, -0.25) is 9.59 Å². The topological polar surface area (TPSA) is 37.4 Å². The van der Waals surface area contributed by atoms with Crippen LogP contribution in [-0.2, 0) is 4.79 Å². The molecular weight excluding hydrogens is 386 g/mol. The molecule has 0 unspecified atom stereocenters. The minimum absolute atomic E-state index is 0.250. The molecule has 0 bridgehead atoms. The second kappa shape index (κ2) is 6.57. The van der Waals surface area contributed by atoms with Crippen LogP contribution >= 0.6 is 27.7 Å². The van der Waals surface area contributed by atoms with E-state index in [1.165, 1.54) is 4.90 Å². The van der Waals surface area contributed by atoms with Gasteiger partial charge in [-0.15, -0.1) is 0 Å². The zero-order valence-corrected chi connectivity index (χ0v) is 16.0. The maximum absolute atomic E-state index is 12.9. The van der Waals surface area contributed by atoms with E-state index in [0.29, 0.717) is 10.6 Å². The Kier molecular flexibility index (Phi) is 4.65. The van der Waals surface area contributed by atoms with E-state index in [1.54, 1.807) is 0 Å². The van der Waals surface area contributed by atoms with Crippen LogP contribution in [0, 0.1) is 13.8 Å². The zero-order valence-electron chi connectivity index (χ0n) is 13.6. The number of hydrogen-bond donors (Lipinski definition) is 0. The molecule has 2 aromatic rings. The van der Waals surface area contributed by atoms with Crippen molar-refractivity contribution in [1.82, 2.24) is 0 Å². The van der Waals surface area contributed by atoms with Crippen molar-refractivity contribution in [1.29, 1.82) is 0 Å². The number of halogens is 1. The Morgan fingerprint density at radius 1 is 1.04 bits per heavy atom. The Morgan fingerprint density at radius 2 is 1.71 bits per heavy atom. The van der Waals surface area contributed by atoms with Crippen molar-refractivity contribution >= 4 is 50.1 Å². The van der Waals surface area contributed by atoms with Crippen LogP contribution in [0.3, 0.4) is 0 Å². The number of nitrogens with zero attached hydrogens (tertiary/aromatic N) is 1. The van der Waals surface area contributed by atoms with Gasteiger partial charge in [0, 0.05) is 4.47 Å². The van der Waals surface area contributed by atoms with Crippen molar-refractivity contribution in [3.8, 4) is 0 Å². The van der Waals surface area contributed by atoms with Crippen LogP contribution in [0.2, 0.25) is 0 Å². The third-order valence-corrected chi connectivity index (χ3v) is 5.56. The van der Waals surface area contributed by atoms with E-state index in [0.717, 1.165) is 38.5 Å². The SMILES string of the molecule is C/C(=C1/SC(=O)N(c2cc(C)ccc2C)C1=O)c1ccc(Br)cc1. The van der Waals surface area contributed by atoms with E-state index >= 15 is 0 Å². The van der Waals surface area contributed by atoms with Crippen LogP contribution < -0.4 is 4.90 Å². The lowest BCUT2D eigenvalue weighted by Gasteiger charge is -2.16. The normalized spacial score (nSPS) is 16.8. The zero-order chi connectivity index (χ0) is 17.4. The number of rotatable bonds is 2. The molecule has 1 heterocycles. The monoisotopic (exact) mass is 401 g/mol. The molecule has 5 heteroatoms. The van der Waals surface area contributed by atoms with E-state index in [1.807, 2.05) is 63.2 Å². The van der Waals surface area contributed by atoms with E-state index in [2.05, 4.69) is 15.9 Å². The Labute approximate surface area is 153 Å². The summed E-state index contributed by atoms with van der Waals surface area (Å²) in [4.78, 5) is 27.1. The van der Waals surface area contributed by atoms with Crippen molar-refractivity contribution in [3.05, 3.63) is 68.5 Å². The molecule has 1 saturated heterocycles. The van der Waals surface area contributed by atoms with Gasteiger partial charge < -0.3 is 0 Å². The second-order valence-corrected chi connectivity index (χ2v) is 7.64. The van der Waals surface area contributed by atoms with Crippen LogP contribution in [0.1, 0.15) is 23.6 Å². The molecule has 0 aromatic heterocycles. The summed E-state index contributed by atoms with van der Waals surface area (Å²) in [6.07, 6.45) is 0. The molecule has 1 fully saturated rings. The van der Waals surface area contributed by atoms with Crippen LogP contribution in [-0.4, -0.2) is 11.1 Å². The number of carbonyl (C=O) groups is 2. The average Bonchev–Trinajstić information content (AvgIpc) is 2.84. The number of carbonyl (C=O) groups excluding carboxylic acids is 2. The molecule has 0 saturated carbocycles. The van der Waals surface area contributed by atoms with Gasteiger partial charge in [-0.2, -0.15) is 0 Å². The Balaban J connectivity index is 2.04. The van der Waals surface area contributed by atoms with Gasteiger partial charge in [-0.1, -0.05) is 40.2 Å². The number of thioether (sulfide) groups is 1. The molecule has 3 nitrogen and oxygen atoms in total. The summed E-state index contributed by atoms with van der Waals surface area (Å²) in [5.74, 6) is -0.251. The van der Waals surface area contributed by atoms with Crippen LogP contribution in [0.4, 0.5) is 10.5 Å². The highest BCUT2D eigenvalue weighted by molar-refractivity contribution is 9.10. The summed E-state index contributed by atoms with van der Waals surface area (Å²) in [5.41, 5.74) is 4.34. The first kappa shape index (κ1) is 17.0. The van der Waals surface area contributed by atoms with Gasteiger partial charge in [0.25, 0.3) is 11.1 Å². The highest BCUT2D eigenvalue weighted by atomic mass is 79.9. The molecule has 2 aromatic carbocycles. The van der Waals surface area contributed by atoms with Crippen LogP contribution in [0.5, 0.6) is 0 Å². The van der Waals surface area contributed by atoms with Crippen LogP contribution in [0.25, 0.3) is 5.57 Å². The fourth-order valence-corrected chi connectivity index (χ4v) is 3.76. The molecule has 0 N–H and O–H groups in total. The van der Waals surface area contributed by atoms with Crippen molar-refractivity contribution in [2.24, 2.45) is 0 Å². The summed E-state index contributed by atoms with van der Waals surface area (Å²) in [7, 11) is 0. The lowest BCUT2D eigenvalue weighted by Crippen LogP contribution is -2.28. The van der Waals surface area contributed by atoms with Gasteiger partial charge in [-0.25, -0.2) is 4.90 Å². The minimum Gasteiger partial charge on any atom is -0.268 e. The quantitative estimate of drug-likeness (QED) is 0.605. The Bertz CT molecular complexity index is 871. The highest BCUT2D eigenvalue weighted by Gasteiger charge is 2.38. The first-order valence-corrected chi connectivity index (χ1v) is 9.10. The summed E-state index contributed by atoms with van der Waals surface area (Å²) >= 11 is 4.41. The van der Waals surface area contributed by atoms with E-state index in [9.17, 15) is 9.59 Å². The fraction of sp³-hybridized carbons (Fsp3) is 0.158. The van der Waals surface area contributed by atoms with E-state index in [-0.39, 0.29) is 11.1 Å². The maximum Gasteiger partial charge on any atom is 0.298 e. The highest BCUT2D eigenvalue weighted by Crippen LogP contribution is 2.40. The predicted octanol–water partition coefficient (Wildman–Crippen LogP) is 5.70. The number of anilines is 1. The molecule has 1 aliphatic rings. The first-order valence-electron chi connectivity index (χ1n) is 7.49. The van der Waals surface area contributed by atoms with Gasteiger partial charge in [0.15, 0.2) is 0 Å². The smallest absolute Gasteiger partial charge is 0.268 e. The maximum atomic E-state index is 12.9. The third kappa shape index (κ3) is 3.06. The van der Waals surface area contributed by atoms with Gasteiger partial charge in [0.05, 0.1) is 10.6 Å². The molecule has 122 valence electrons. The Morgan fingerprint density at radius 3 is 2.38 bits per heavy atom. The molecule has 3 rings (SSSR count). The van der Waals surface area contributed by atoms with Crippen molar-refractivity contribution in [2.45, 2.75) is 20.8 Å². The standard InChI is InChI=1S/C19H16BrNO2S/c1-11-4-5-12(2)16(10-11)21-18(22)17(24-19(21)23)13(3)14-6-8-15(20)9-7-14/h4-10H,1-3H3/b17-13-. The summed E-state index contributed by atoms with van der Waals surface area (Å²) in [6.45, 7) is 5.73. The number of amides is 2. The summed E-state index contributed by atoms with van der Waals surface area (Å²) < 4.78 is 0.975. The summed E-state index contributed by atoms with van der Waals surface area (Å²) in [5, 5.41) is -0.250. The third-order valence-electron chi connectivity index (χ3n) is 3.99. The lowest BCUT2D eigenvalue weighted by molar-refractivity contribution is -0.113. The molecule has 0 radical (unpaired) electrons. The number of allylic oxidation sites excluding steroid dienone is 1. The van der Waals surface area contributed by atoms with Gasteiger partial charge in [0.2, 0.25) is 0 Å². The average molecular weight is 402 g/mol. The van der Waals surface area contributed by atoms with Crippen molar-refractivity contribution < 1.29 is 9.59 Å². The molecule has 1 aliphatic heterocycles. The second-order valence-electron chi connectivity index (χ2n) is 5.76. The Hall–Kier alpha value is -1.85. The fourth-order valence-electron chi connectivity index (χ4n) is 2.60. The van der Waals surface area contributed by atoms with Crippen molar-refractivity contribution in [3.63, 3.8) is 0 Å². The van der Waals surface area contributed by atoms with Gasteiger partial charge in [0.1, 0.15) is 0 Å². The first-order chi connectivity index (χ1) is 11.4. The number of hydrogen-bond acceptors (Lipinski definition) is 3. The van der Waals surface area contributed by atoms with Gasteiger partial charge in [-0.05, 0) is 73.0 Å². The van der Waals surface area contributed by atoms with E-state index < -0.39 is 0 Å². The molecule has 2 amide bonds. The largest absolute Gasteiger partial charge is 0.298 e. The number of aryl methyl sites for hydroxylation is 2. The lowest BCUT2D eigenvalue weighted by atomic mass is 10.1.